The molecular formula is C21H27N3O3. The van der Waals surface area contributed by atoms with Gasteiger partial charge in [-0.15, -0.1) is 0 Å². The number of aromatic amines is 1. The predicted octanol–water partition coefficient (Wildman–Crippen LogP) is 2.56. The monoisotopic (exact) mass is 369 g/mol. The molecule has 0 aliphatic carbocycles. The third kappa shape index (κ3) is 5.44. The number of benzene rings is 1. The van der Waals surface area contributed by atoms with Crippen molar-refractivity contribution in [2.75, 3.05) is 19.6 Å². The zero-order valence-electron chi connectivity index (χ0n) is 15.7. The molecule has 27 heavy (non-hydrogen) atoms. The van der Waals surface area contributed by atoms with Crippen LogP contribution < -0.4 is 15.6 Å². The van der Waals surface area contributed by atoms with Gasteiger partial charge in [-0.1, -0.05) is 31.5 Å². The van der Waals surface area contributed by atoms with E-state index in [4.69, 9.17) is 4.74 Å². The van der Waals surface area contributed by atoms with Crippen molar-refractivity contribution in [1.29, 1.82) is 0 Å². The molecule has 0 spiro atoms. The van der Waals surface area contributed by atoms with Crippen molar-refractivity contribution in [3.8, 4) is 5.75 Å². The van der Waals surface area contributed by atoms with Crippen molar-refractivity contribution in [1.82, 2.24) is 15.2 Å². The highest BCUT2D eigenvalue weighted by Gasteiger charge is 2.22. The van der Waals surface area contributed by atoms with E-state index in [1.807, 2.05) is 18.2 Å². The second-order valence-corrected chi connectivity index (χ2v) is 6.92. The number of fused-ring (bicyclic) bond motifs is 1. The number of unbranched alkanes of at least 4 members (excludes halogenated alkanes) is 1. The molecule has 1 aliphatic rings. The van der Waals surface area contributed by atoms with Gasteiger partial charge < -0.3 is 15.0 Å². The summed E-state index contributed by atoms with van der Waals surface area (Å²) in [5.41, 5.74) is 1.43. The van der Waals surface area contributed by atoms with Gasteiger partial charge in [0.05, 0.1) is 5.56 Å². The maximum absolute atomic E-state index is 12.2. The van der Waals surface area contributed by atoms with E-state index < -0.39 is 0 Å². The Balaban J connectivity index is 1.58. The maximum Gasteiger partial charge on any atom is 0.252 e. The summed E-state index contributed by atoms with van der Waals surface area (Å²) >= 11 is 0. The number of aromatic nitrogens is 1. The number of carbonyl (C=O) groups excluding carboxylic acids is 1. The topological polar surface area (TPSA) is 74.4 Å². The number of ether oxygens (including phenoxy) is 1. The first-order valence-corrected chi connectivity index (χ1v) is 9.59. The quantitative estimate of drug-likeness (QED) is 0.787. The summed E-state index contributed by atoms with van der Waals surface area (Å²) in [6.07, 6.45) is 4.93. The molecule has 1 unspecified atom stereocenters. The molecule has 1 aliphatic heterocycles. The first-order valence-electron chi connectivity index (χ1n) is 9.59. The van der Waals surface area contributed by atoms with E-state index in [1.165, 1.54) is 23.9 Å². The molecule has 0 saturated carbocycles. The van der Waals surface area contributed by atoms with Crippen LogP contribution in [0.4, 0.5) is 0 Å². The lowest BCUT2D eigenvalue weighted by atomic mass is 10.1. The van der Waals surface area contributed by atoms with Crippen molar-refractivity contribution in [2.45, 2.75) is 38.8 Å². The Morgan fingerprint density at radius 1 is 1.30 bits per heavy atom. The summed E-state index contributed by atoms with van der Waals surface area (Å²) in [4.78, 5) is 28.1. The van der Waals surface area contributed by atoms with Gasteiger partial charge in [0.2, 0.25) is 5.56 Å². The van der Waals surface area contributed by atoms with Gasteiger partial charge in [0, 0.05) is 44.0 Å². The predicted molar refractivity (Wildman–Crippen MR) is 105 cm³/mol. The molecule has 0 fully saturated rings. The lowest BCUT2D eigenvalue weighted by Crippen LogP contribution is -2.38. The van der Waals surface area contributed by atoms with Gasteiger partial charge in [0.15, 0.2) is 0 Å². The molecule has 1 atom stereocenters. The molecular weight excluding hydrogens is 342 g/mol. The average Bonchev–Trinajstić information content (AvgIpc) is 2.85. The number of nitrogens with one attached hydrogen (secondary N) is 2. The zero-order valence-corrected chi connectivity index (χ0v) is 15.7. The maximum atomic E-state index is 12.2. The van der Waals surface area contributed by atoms with E-state index in [2.05, 4.69) is 28.2 Å². The van der Waals surface area contributed by atoms with Crippen LogP contribution in [-0.2, 0) is 6.54 Å². The number of nitrogens with zero attached hydrogens (tertiary/aromatic N) is 1. The normalized spacial score (nSPS) is 16.9. The molecule has 2 N–H and O–H groups in total. The third-order valence-electron chi connectivity index (χ3n) is 4.76. The van der Waals surface area contributed by atoms with Crippen molar-refractivity contribution in [3.63, 3.8) is 0 Å². The molecule has 6 heteroatoms. The van der Waals surface area contributed by atoms with E-state index in [9.17, 15) is 9.59 Å². The first kappa shape index (κ1) is 19.2. The summed E-state index contributed by atoms with van der Waals surface area (Å²) in [5.74, 6) is 0.790. The first-order chi connectivity index (χ1) is 13.2. The largest absolute Gasteiger partial charge is 0.489 e. The average molecular weight is 369 g/mol. The number of amides is 1. The summed E-state index contributed by atoms with van der Waals surface area (Å²) in [5, 5.41) is 2.92. The number of hydrogen-bond acceptors (Lipinski definition) is 4. The van der Waals surface area contributed by atoms with Gasteiger partial charge in [-0.05, 0) is 25.0 Å². The Labute approximate surface area is 159 Å². The van der Waals surface area contributed by atoms with E-state index in [1.54, 1.807) is 0 Å². The van der Waals surface area contributed by atoms with E-state index >= 15 is 0 Å². The fourth-order valence-corrected chi connectivity index (χ4v) is 3.29. The van der Waals surface area contributed by atoms with Gasteiger partial charge in [-0.2, -0.15) is 0 Å². The lowest BCUT2D eigenvalue weighted by Gasteiger charge is -2.24. The number of carbonyl (C=O) groups is 1. The van der Waals surface area contributed by atoms with Crippen molar-refractivity contribution < 1.29 is 9.53 Å². The second kappa shape index (κ2) is 9.37. The van der Waals surface area contributed by atoms with Gasteiger partial charge in [0.1, 0.15) is 11.9 Å². The highest BCUT2D eigenvalue weighted by molar-refractivity contribution is 5.93. The second-order valence-electron chi connectivity index (χ2n) is 6.92. The van der Waals surface area contributed by atoms with Crippen LogP contribution in [-0.4, -0.2) is 41.5 Å². The summed E-state index contributed by atoms with van der Waals surface area (Å²) in [7, 11) is 0. The fraction of sp³-hybridized carbons (Fsp3) is 0.429. The smallest absolute Gasteiger partial charge is 0.252 e. The summed E-state index contributed by atoms with van der Waals surface area (Å²) < 4.78 is 6.23. The number of pyridine rings is 1. The van der Waals surface area contributed by atoms with E-state index in [0.717, 1.165) is 44.6 Å². The van der Waals surface area contributed by atoms with E-state index in [0.29, 0.717) is 12.1 Å². The van der Waals surface area contributed by atoms with Gasteiger partial charge in [-0.3, -0.25) is 14.5 Å². The number of H-pyrrole nitrogens is 1. The van der Waals surface area contributed by atoms with Crippen LogP contribution in [0.3, 0.4) is 0 Å². The molecule has 0 saturated heterocycles. The van der Waals surface area contributed by atoms with Gasteiger partial charge in [-0.25, -0.2) is 0 Å². The van der Waals surface area contributed by atoms with Crippen LogP contribution in [0.5, 0.6) is 5.75 Å². The van der Waals surface area contributed by atoms with Crippen molar-refractivity contribution in [3.05, 3.63) is 64.1 Å². The van der Waals surface area contributed by atoms with Crippen LogP contribution in [0.25, 0.3) is 0 Å². The van der Waals surface area contributed by atoms with Crippen LogP contribution in [0, 0.1) is 0 Å². The standard InChI is InChI=1S/C21H27N3O3/c1-2-3-7-18-15-24(14-17-6-4-5-8-19(17)27-18)12-11-22-21(26)16-9-10-20(25)23-13-16/h4-6,8-10,13,18H,2-3,7,11-12,14-15H2,1H3,(H,22,26)(H,23,25). The van der Waals surface area contributed by atoms with Crippen LogP contribution in [0.2, 0.25) is 0 Å². The number of para-hydroxylation sites is 1. The van der Waals surface area contributed by atoms with Crippen LogP contribution in [0.1, 0.15) is 42.1 Å². The summed E-state index contributed by atoms with van der Waals surface area (Å²) in [6, 6.07) is 11.1. The number of rotatable bonds is 7. The molecule has 3 rings (SSSR count). The minimum absolute atomic E-state index is 0.170. The molecule has 0 radical (unpaired) electrons. The van der Waals surface area contributed by atoms with Crippen molar-refractivity contribution >= 4 is 5.91 Å². The minimum atomic E-state index is -0.215. The molecule has 144 valence electrons. The molecule has 2 heterocycles. The SMILES string of the molecule is CCCCC1CN(CCNC(=O)c2ccc(=O)[nH]c2)Cc2ccccc2O1. The molecule has 1 aromatic heterocycles. The molecule has 2 aromatic rings. The zero-order chi connectivity index (χ0) is 19.1. The van der Waals surface area contributed by atoms with E-state index in [-0.39, 0.29) is 17.6 Å². The Morgan fingerprint density at radius 3 is 2.93 bits per heavy atom. The van der Waals surface area contributed by atoms with Crippen molar-refractivity contribution in [2.24, 2.45) is 0 Å². The minimum Gasteiger partial charge on any atom is -0.489 e. The fourth-order valence-electron chi connectivity index (χ4n) is 3.29. The molecule has 0 bridgehead atoms. The Kier molecular flexibility index (Phi) is 6.65. The summed E-state index contributed by atoms with van der Waals surface area (Å²) in [6.45, 7) is 5.14. The molecule has 6 nitrogen and oxygen atoms in total. The molecule has 1 aromatic carbocycles. The number of hydrogen-bond donors (Lipinski definition) is 2. The van der Waals surface area contributed by atoms with Gasteiger partial charge in [0.25, 0.3) is 5.91 Å². The molecule has 1 amide bonds. The lowest BCUT2D eigenvalue weighted by molar-refractivity contribution is 0.0941. The Morgan fingerprint density at radius 2 is 2.15 bits per heavy atom. The highest BCUT2D eigenvalue weighted by Crippen LogP contribution is 2.26. The highest BCUT2D eigenvalue weighted by atomic mass is 16.5. The third-order valence-corrected chi connectivity index (χ3v) is 4.76. The van der Waals surface area contributed by atoms with Gasteiger partial charge >= 0.3 is 0 Å². The Bertz CT molecular complexity index is 798. The Hall–Kier alpha value is -2.60. The van der Waals surface area contributed by atoms with Crippen LogP contribution >= 0.6 is 0 Å². The van der Waals surface area contributed by atoms with Crippen LogP contribution in [0.15, 0.2) is 47.4 Å².